The number of hydrogen-bond acceptors (Lipinski definition) is 5. The van der Waals surface area contributed by atoms with E-state index in [1.165, 1.54) is 24.1 Å². The fraction of sp³-hybridized carbons (Fsp3) is 0.625. The van der Waals surface area contributed by atoms with Gasteiger partial charge in [-0.05, 0) is 111 Å². The minimum absolute atomic E-state index is 0.143. The Kier molecular flexibility index (Phi) is 10.4. The lowest BCUT2D eigenvalue weighted by Gasteiger charge is -2.28. The minimum atomic E-state index is -0.886. The number of rotatable bonds is 13. The first-order valence-electron chi connectivity index (χ1n) is 15.0. The van der Waals surface area contributed by atoms with E-state index in [4.69, 9.17) is 4.98 Å². The van der Waals surface area contributed by atoms with E-state index in [9.17, 15) is 14.3 Å². The maximum atomic E-state index is 14.9. The molecule has 3 heterocycles. The molecule has 4 rings (SSSR count). The highest BCUT2D eigenvalue weighted by Crippen LogP contribution is 2.34. The molecule has 7 heteroatoms. The second-order valence-corrected chi connectivity index (χ2v) is 11.9. The van der Waals surface area contributed by atoms with Gasteiger partial charge in [-0.3, -0.25) is 9.69 Å². The Morgan fingerprint density at radius 1 is 1.26 bits per heavy atom. The van der Waals surface area contributed by atoms with Gasteiger partial charge in [-0.25, -0.2) is 9.37 Å². The predicted molar refractivity (Wildman–Crippen MR) is 156 cm³/mol. The molecule has 0 amide bonds. The molecule has 2 N–H and O–H groups in total. The summed E-state index contributed by atoms with van der Waals surface area (Å²) in [5.41, 5.74) is 4.55. The molecular formula is C32H47FN4O2. The van der Waals surface area contributed by atoms with Crippen molar-refractivity contribution in [2.24, 2.45) is 5.92 Å². The number of aliphatic carboxylic acids is 1. The van der Waals surface area contributed by atoms with Crippen molar-refractivity contribution in [3.63, 3.8) is 0 Å². The molecule has 1 aromatic heterocycles. The SMILES string of the molecule is CCc1c(F)cc(C(C)C)cc1C(C(=O)O)N1CC[C@@H](CN(C)CCCCCc2ccc3c(n2)NCCC3)C1. The van der Waals surface area contributed by atoms with Crippen LogP contribution in [0.15, 0.2) is 24.3 Å². The Labute approximate surface area is 234 Å². The Morgan fingerprint density at radius 3 is 2.82 bits per heavy atom. The first-order valence-corrected chi connectivity index (χ1v) is 15.0. The summed E-state index contributed by atoms with van der Waals surface area (Å²) in [6.07, 6.45) is 8.26. The molecule has 0 spiro atoms. The van der Waals surface area contributed by atoms with E-state index >= 15 is 0 Å². The van der Waals surface area contributed by atoms with Crippen molar-refractivity contribution in [3.8, 4) is 0 Å². The van der Waals surface area contributed by atoms with Crippen LogP contribution in [0, 0.1) is 11.7 Å². The van der Waals surface area contributed by atoms with Crippen molar-refractivity contribution < 1.29 is 14.3 Å². The summed E-state index contributed by atoms with van der Waals surface area (Å²) in [4.78, 5) is 21.7. The quantitative estimate of drug-likeness (QED) is 0.302. The summed E-state index contributed by atoms with van der Waals surface area (Å²) in [6, 6.07) is 7.13. The molecule has 2 aliphatic heterocycles. The average Bonchev–Trinajstić information content (AvgIpc) is 3.35. The molecule has 2 aromatic rings. The van der Waals surface area contributed by atoms with Crippen LogP contribution < -0.4 is 5.32 Å². The van der Waals surface area contributed by atoms with Gasteiger partial charge >= 0.3 is 5.97 Å². The van der Waals surface area contributed by atoms with E-state index in [1.54, 1.807) is 6.07 Å². The standard InChI is InChI=1S/C32H47FN4O2/c1-5-27-28(18-25(22(2)3)19-29(27)33)30(32(38)39)37-17-14-23(21-37)20-36(4)16-8-6-7-11-26-13-12-24-10-9-15-34-31(24)35-26/h12-13,18-19,22-23,30H,5-11,14-17,20-21H2,1-4H3,(H,34,35)(H,38,39)/t23-,30?/m0/s1. The Bertz CT molecular complexity index is 1120. The van der Waals surface area contributed by atoms with Gasteiger partial charge in [0.25, 0.3) is 0 Å². The largest absolute Gasteiger partial charge is 0.480 e. The van der Waals surface area contributed by atoms with Crippen molar-refractivity contribution in [2.45, 2.75) is 84.1 Å². The highest BCUT2D eigenvalue weighted by Gasteiger charge is 2.35. The van der Waals surface area contributed by atoms with Gasteiger partial charge < -0.3 is 15.3 Å². The summed E-state index contributed by atoms with van der Waals surface area (Å²) < 4.78 is 14.9. The second kappa shape index (κ2) is 13.7. The van der Waals surface area contributed by atoms with Crippen LogP contribution in [-0.2, 0) is 24.1 Å². The number of halogens is 1. The smallest absolute Gasteiger partial charge is 0.325 e. The molecule has 6 nitrogen and oxygen atoms in total. The second-order valence-electron chi connectivity index (χ2n) is 11.9. The number of aryl methyl sites for hydroxylation is 2. The highest BCUT2D eigenvalue weighted by atomic mass is 19.1. The number of likely N-dealkylation sites (tertiary alicyclic amines) is 1. The summed E-state index contributed by atoms with van der Waals surface area (Å²) in [7, 11) is 2.17. The molecule has 0 radical (unpaired) electrons. The van der Waals surface area contributed by atoms with E-state index in [2.05, 4.69) is 34.3 Å². The molecule has 0 aliphatic carbocycles. The number of carboxylic acids is 1. The number of carbonyl (C=O) groups is 1. The van der Waals surface area contributed by atoms with Crippen LogP contribution in [-0.4, -0.2) is 65.6 Å². The number of carboxylic acid groups (broad SMARTS) is 1. The van der Waals surface area contributed by atoms with Crippen LogP contribution in [0.3, 0.4) is 0 Å². The van der Waals surface area contributed by atoms with E-state index < -0.39 is 12.0 Å². The molecule has 2 atom stereocenters. The normalized spacial score (nSPS) is 18.4. The summed E-state index contributed by atoms with van der Waals surface area (Å²) >= 11 is 0. The van der Waals surface area contributed by atoms with Crippen LogP contribution in [0.4, 0.5) is 10.2 Å². The first kappa shape index (κ1) is 29.5. The molecule has 214 valence electrons. The van der Waals surface area contributed by atoms with Gasteiger partial charge in [-0.15, -0.1) is 0 Å². The van der Waals surface area contributed by atoms with Crippen molar-refractivity contribution in [3.05, 3.63) is 58.0 Å². The predicted octanol–water partition coefficient (Wildman–Crippen LogP) is 6.06. The minimum Gasteiger partial charge on any atom is -0.480 e. The fourth-order valence-electron chi connectivity index (χ4n) is 6.27. The van der Waals surface area contributed by atoms with Gasteiger partial charge in [0.2, 0.25) is 0 Å². The number of aromatic nitrogens is 1. The van der Waals surface area contributed by atoms with Gasteiger partial charge in [-0.1, -0.05) is 39.3 Å². The lowest BCUT2D eigenvalue weighted by Crippen LogP contribution is -2.35. The van der Waals surface area contributed by atoms with E-state index in [-0.39, 0.29) is 11.7 Å². The molecule has 1 aromatic carbocycles. The average molecular weight is 539 g/mol. The topological polar surface area (TPSA) is 68.7 Å². The fourth-order valence-corrected chi connectivity index (χ4v) is 6.27. The highest BCUT2D eigenvalue weighted by molar-refractivity contribution is 5.76. The maximum absolute atomic E-state index is 14.9. The number of nitrogens with one attached hydrogen (secondary N) is 1. The zero-order chi connectivity index (χ0) is 27.9. The molecule has 1 saturated heterocycles. The number of nitrogens with zero attached hydrogens (tertiary/aromatic N) is 3. The van der Waals surface area contributed by atoms with Gasteiger partial charge in [0.15, 0.2) is 0 Å². The van der Waals surface area contributed by atoms with Gasteiger partial charge in [0.1, 0.15) is 17.7 Å². The summed E-state index contributed by atoms with van der Waals surface area (Å²) in [5.74, 6) is 0.484. The van der Waals surface area contributed by atoms with E-state index in [0.717, 1.165) is 76.2 Å². The monoisotopic (exact) mass is 538 g/mol. The molecule has 0 bridgehead atoms. The summed E-state index contributed by atoms with van der Waals surface area (Å²) in [6.45, 7) is 10.4. The van der Waals surface area contributed by atoms with E-state index in [1.807, 2.05) is 26.8 Å². The van der Waals surface area contributed by atoms with Gasteiger partial charge in [-0.2, -0.15) is 0 Å². The van der Waals surface area contributed by atoms with Crippen LogP contribution in [0.5, 0.6) is 0 Å². The third-order valence-electron chi connectivity index (χ3n) is 8.48. The summed E-state index contributed by atoms with van der Waals surface area (Å²) in [5, 5.41) is 13.6. The van der Waals surface area contributed by atoms with E-state index in [0.29, 0.717) is 23.5 Å². The van der Waals surface area contributed by atoms with Crippen LogP contribution in [0.1, 0.15) is 92.8 Å². The molecule has 39 heavy (non-hydrogen) atoms. The van der Waals surface area contributed by atoms with Crippen molar-refractivity contribution >= 4 is 11.8 Å². The lowest BCUT2D eigenvalue weighted by atomic mass is 9.91. The van der Waals surface area contributed by atoms with Crippen molar-refractivity contribution in [1.82, 2.24) is 14.8 Å². The Morgan fingerprint density at radius 2 is 2.08 bits per heavy atom. The Balaban J connectivity index is 1.25. The van der Waals surface area contributed by atoms with Crippen molar-refractivity contribution in [2.75, 3.05) is 45.1 Å². The molecule has 1 unspecified atom stereocenters. The van der Waals surface area contributed by atoms with Crippen LogP contribution >= 0.6 is 0 Å². The molecule has 1 fully saturated rings. The first-order chi connectivity index (χ1) is 18.8. The molecule has 2 aliphatic rings. The molecule has 0 saturated carbocycles. The van der Waals surface area contributed by atoms with Crippen molar-refractivity contribution in [1.29, 1.82) is 0 Å². The Hall–Kier alpha value is -2.51. The molecular weight excluding hydrogens is 491 g/mol. The number of anilines is 1. The van der Waals surface area contributed by atoms with Gasteiger partial charge in [0, 0.05) is 25.3 Å². The maximum Gasteiger partial charge on any atom is 0.325 e. The zero-order valence-electron chi connectivity index (χ0n) is 24.3. The number of benzene rings is 1. The number of pyridine rings is 1. The third-order valence-corrected chi connectivity index (χ3v) is 8.48. The number of fused-ring (bicyclic) bond motifs is 1. The number of hydrogen-bond donors (Lipinski definition) is 2. The zero-order valence-corrected chi connectivity index (χ0v) is 24.3. The number of unbranched alkanes of at least 4 members (excludes halogenated alkanes) is 2. The van der Waals surface area contributed by atoms with Crippen LogP contribution in [0.2, 0.25) is 0 Å². The van der Waals surface area contributed by atoms with Gasteiger partial charge in [0.05, 0.1) is 0 Å². The van der Waals surface area contributed by atoms with Crippen LogP contribution in [0.25, 0.3) is 0 Å². The lowest BCUT2D eigenvalue weighted by molar-refractivity contribution is -0.143. The third kappa shape index (κ3) is 7.57.